The Morgan fingerprint density at radius 1 is 1.28 bits per heavy atom. The Labute approximate surface area is 111 Å². The molecule has 6 heteroatoms. The number of primary amides is 1. The van der Waals surface area contributed by atoms with Crippen LogP contribution in [0.5, 0.6) is 0 Å². The standard InChI is InChI=1S/C12H16ClN3O2/c1-7(9-5-3-4-6-10(9)13)15-8(2)11(17)16-12(14)18/h3-8,15H,1-2H3,(H3,14,16,17,18). The van der Waals surface area contributed by atoms with Gasteiger partial charge in [0.25, 0.3) is 0 Å². The molecule has 1 aromatic carbocycles. The summed E-state index contributed by atoms with van der Waals surface area (Å²) in [7, 11) is 0. The first kappa shape index (κ1) is 14.5. The van der Waals surface area contributed by atoms with Crippen LogP contribution in [0.15, 0.2) is 24.3 Å². The van der Waals surface area contributed by atoms with E-state index in [4.69, 9.17) is 17.3 Å². The van der Waals surface area contributed by atoms with Gasteiger partial charge in [0.1, 0.15) is 0 Å². The first-order chi connectivity index (χ1) is 8.41. The lowest BCUT2D eigenvalue weighted by molar-refractivity contribution is -0.121. The molecule has 0 aromatic heterocycles. The Morgan fingerprint density at radius 2 is 1.89 bits per heavy atom. The predicted octanol–water partition coefficient (Wildman–Crippen LogP) is 1.57. The number of nitrogens with one attached hydrogen (secondary N) is 2. The molecule has 2 atom stereocenters. The van der Waals surface area contributed by atoms with Gasteiger partial charge >= 0.3 is 6.03 Å². The summed E-state index contributed by atoms with van der Waals surface area (Å²) in [6.45, 7) is 3.53. The molecule has 1 aromatic rings. The van der Waals surface area contributed by atoms with Gasteiger partial charge in [-0.2, -0.15) is 0 Å². The van der Waals surface area contributed by atoms with Gasteiger partial charge < -0.3 is 5.73 Å². The number of carbonyl (C=O) groups is 2. The molecule has 0 saturated heterocycles. The Morgan fingerprint density at radius 3 is 2.44 bits per heavy atom. The topological polar surface area (TPSA) is 84.2 Å². The van der Waals surface area contributed by atoms with Gasteiger partial charge in [-0.05, 0) is 25.5 Å². The van der Waals surface area contributed by atoms with E-state index in [0.717, 1.165) is 5.56 Å². The maximum atomic E-state index is 11.5. The van der Waals surface area contributed by atoms with E-state index in [-0.39, 0.29) is 6.04 Å². The van der Waals surface area contributed by atoms with E-state index in [9.17, 15) is 9.59 Å². The highest BCUT2D eigenvalue weighted by Gasteiger charge is 2.18. The molecule has 0 aliphatic carbocycles. The van der Waals surface area contributed by atoms with Gasteiger partial charge in [0.05, 0.1) is 6.04 Å². The second-order valence-corrected chi connectivity index (χ2v) is 4.39. The first-order valence-electron chi connectivity index (χ1n) is 5.52. The molecule has 0 spiro atoms. The van der Waals surface area contributed by atoms with Crippen LogP contribution in [-0.4, -0.2) is 18.0 Å². The van der Waals surface area contributed by atoms with Crippen LogP contribution in [0.3, 0.4) is 0 Å². The molecule has 3 amide bonds. The zero-order chi connectivity index (χ0) is 13.7. The number of hydrogen-bond donors (Lipinski definition) is 3. The SMILES string of the molecule is CC(NC(C)c1ccccc1Cl)C(=O)NC(N)=O. The fraction of sp³-hybridized carbons (Fsp3) is 0.333. The highest BCUT2D eigenvalue weighted by Crippen LogP contribution is 2.22. The van der Waals surface area contributed by atoms with E-state index in [1.807, 2.05) is 30.4 Å². The average molecular weight is 270 g/mol. The van der Waals surface area contributed by atoms with Crippen molar-refractivity contribution < 1.29 is 9.59 Å². The lowest BCUT2D eigenvalue weighted by atomic mass is 10.1. The minimum absolute atomic E-state index is 0.118. The second-order valence-electron chi connectivity index (χ2n) is 3.99. The van der Waals surface area contributed by atoms with Crippen molar-refractivity contribution in [1.82, 2.24) is 10.6 Å². The lowest BCUT2D eigenvalue weighted by Gasteiger charge is -2.20. The lowest BCUT2D eigenvalue weighted by Crippen LogP contribution is -2.47. The maximum absolute atomic E-state index is 11.5. The number of amides is 3. The monoisotopic (exact) mass is 269 g/mol. The molecule has 4 N–H and O–H groups in total. The third kappa shape index (κ3) is 4.01. The zero-order valence-electron chi connectivity index (χ0n) is 10.2. The van der Waals surface area contributed by atoms with Crippen LogP contribution < -0.4 is 16.4 Å². The number of rotatable bonds is 4. The largest absolute Gasteiger partial charge is 0.351 e. The Balaban J connectivity index is 2.65. The zero-order valence-corrected chi connectivity index (χ0v) is 11.0. The van der Waals surface area contributed by atoms with Crippen LogP contribution in [-0.2, 0) is 4.79 Å². The Bertz CT molecular complexity index is 451. The number of hydrogen-bond acceptors (Lipinski definition) is 3. The van der Waals surface area contributed by atoms with E-state index in [0.29, 0.717) is 5.02 Å². The minimum Gasteiger partial charge on any atom is -0.351 e. The summed E-state index contributed by atoms with van der Waals surface area (Å²) < 4.78 is 0. The van der Waals surface area contributed by atoms with Crippen molar-refractivity contribution >= 4 is 23.5 Å². The Hall–Kier alpha value is -1.59. The number of halogens is 1. The van der Waals surface area contributed by atoms with Crippen LogP contribution in [0.25, 0.3) is 0 Å². The van der Waals surface area contributed by atoms with Crippen molar-refractivity contribution in [3.05, 3.63) is 34.9 Å². The summed E-state index contributed by atoms with van der Waals surface area (Å²) in [5, 5.41) is 5.68. The number of imide groups is 1. The van der Waals surface area contributed by atoms with Crippen LogP contribution in [0, 0.1) is 0 Å². The number of benzene rings is 1. The van der Waals surface area contributed by atoms with Crippen molar-refractivity contribution in [2.24, 2.45) is 5.73 Å². The molecule has 0 saturated carbocycles. The van der Waals surface area contributed by atoms with Gasteiger partial charge in [-0.1, -0.05) is 29.8 Å². The van der Waals surface area contributed by atoms with E-state index >= 15 is 0 Å². The number of nitrogens with two attached hydrogens (primary N) is 1. The molecule has 0 radical (unpaired) electrons. The van der Waals surface area contributed by atoms with Gasteiger partial charge in [-0.25, -0.2) is 4.79 Å². The predicted molar refractivity (Wildman–Crippen MR) is 70.2 cm³/mol. The summed E-state index contributed by atoms with van der Waals surface area (Å²) in [5.41, 5.74) is 5.76. The molecule has 18 heavy (non-hydrogen) atoms. The molecule has 0 heterocycles. The highest BCUT2D eigenvalue weighted by molar-refractivity contribution is 6.31. The van der Waals surface area contributed by atoms with Crippen molar-refractivity contribution in [3.8, 4) is 0 Å². The van der Waals surface area contributed by atoms with Crippen molar-refractivity contribution in [1.29, 1.82) is 0 Å². The van der Waals surface area contributed by atoms with E-state index in [2.05, 4.69) is 5.32 Å². The van der Waals surface area contributed by atoms with E-state index in [1.54, 1.807) is 13.0 Å². The summed E-state index contributed by atoms with van der Waals surface area (Å²) in [4.78, 5) is 22.1. The van der Waals surface area contributed by atoms with E-state index < -0.39 is 18.0 Å². The first-order valence-corrected chi connectivity index (χ1v) is 5.90. The normalized spacial score (nSPS) is 13.7. The molecule has 0 bridgehead atoms. The third-order valence-electron chi connectivity index (χ3n) is 2.51. The van der Waals surface area contributed by atoms with Crippen molar-refractivity contribution in [3.63, 3.8) is 0 Å². The van der Waals surface area contributed by atoms with Crippen molar-refractivity contribution in [2.75, 3.05) is 0 Å². The van der Waals surface area contributed by atoms with Crippen LogP contribution in [0.4, 0.5) is 4.79 Å². The van der Waals surface area contributed by atoms with Gasteiger partial charge in [0.15, 0.2) is 0 Å². The molecule has 2 unspecified atom stereocenters. The molecular formula is C12H16ClN3O2. The Kier molecular flexibility index (Phi) is 5.12. The molecule has 0 aliphatic rings. The van der Waals surface area contributed by atoms with Crippen LogP contribution >= 0.6 is 11.6 Å². The summed E-state index contributed by atoms with van der Waals surface area (Å²) in [6, 6.07) is 5.83. The molecule has 1 rings (SSSR count). The average Bonchev–Trinajstić information content (AvgIpc) is 2.28. The van der Waals surface area contributed by atoms with Crippen LogP contribution in [0.2, 0.25) is 5.02 Å². The minimum atomic E-state index is -0.862. The fourth-order valence-electron chi connectivity index (χ4n) is 1.60. The van der Waals surface area contributed by atoms with Gasteiger partial charge in [0, 0.05) is 11.1 Å². The summed E-state index contributed by atoms with van der Waals surface area (Å²) in [6.07, 6.45) is 0. The smallest absolute Gasteiger partial charge is 0.318 e. The number of carbonyl (C=O) groups excluding carboxylic acids is 2. The summed E-state index contributed by atoms with van der Waals surface area (Å²) >= 11 is 6.05. The quantitative estimate of drug-likeness (QED) is 0.776. The second kappa shape index (κ2) is 6.37. The summed E-state index contributed by atoms with van der Waals surface area (Å²) in [5.74, 6) is -0.471. The third-order valence-corrected chi connectivity index (χ3v) is 2.86. The van der Waals surface area contributed by atoms with Gasteiger partial charge in [0.2, 0.25) is 5.91 Å². The van der Waals surface area contributed by atoms with E-state index in [1.165, 1.54) is 0 Å². The highest BCUT2D eigenvalue weighted by atomic mass is 35.5. The van der Waals surface area contributed by atoms with Crippen LogP contribution in [0.1, 0.15) is 25.5 Å². The molecule has 5 nitrogen and oxygen atoms in total. The van der Waals surface area contributed by atoms with Crippen molar-refractivity contribution in [2.45, 2.75) is 25.9 Å². The molecule has 0 fully saturated rings. The number of urea groups is 1. The van der Waals surface area contributed by atoms with Gasteiger partial charge in [-0.15, -0.1) is 0 Å². The maximum Gasteiger partial charge on any atom is 0.318 e. The molecule has 0 aliphatic heterocycles. The molecular weight excluding hydrogens is 254 g/mol. The van der Waals surface area contributed by atoms with Gasteiger partial charge in [-0.3, -0.25) is 15.4 Å². The fourth-order valence-corrected chi connectivity index (χ4v) is 1.90. The molecule has 98 valence electrons.